The molecule has 1 saturated carbocycles. The van der Waals surface area contributed by atoms with Crippen molar-refractivity contribution in [2.24, 2.45) is 5.41 Å². The molecular weight excluding hydrogens is 306 g/mol. The molecule has 2 heterocycles. The molecule has 22 heavy (non-hydrogen) atoms. The standard InChI is InChI=1S/C14H21N5O2.ClH/c1-14(4-5-15-9-14)13(21)18-11-6-16-19(7-11)8-12(20)17-10-2-3-10;/h6-7,10,15H,2-5,8-9H2,1H3,(H,17,20)(H,18,21);1H. The van der Waals surface area contributed by atoms with Gasteiger partial charge in [0.25, 0.3) is 0 Å². The summed E-state index contributed by atoms with van der Waals surface area (Å²) < 4.78 is 1.54. The van der Waals surface area contributed by atoms with Gasteiger partial charge in [-0.1, -0.05) is 0 Å². The number of aromatic nitrogens is 2. The maximum absolute atomic E-state index is 12.3. The summed E-state index contributed by atoms with van der Waals surface area (Å²) in [5.74, 6) is -0.0417. The van der Waals surface area contributed by atoms with Crippen LogP contribution >= 0.6 is 12.4 Å². The van der Waals surface area contributed by atoms with Gasteiger partial charge in [0, 0.05) is 18.8 Å². The van der Waals surface area contributed by atoms with Gasteiger partial charge in [0.05, 0.1) is 17.3 Å². The molecule has 1 atom stereocenters. The summed E-state index contributed by atoms with van der Waals surface area (Å²) >= 11 is 0. The van der Waals surface area contributed by atoms with Gasteiger partial charge < -0.3 is 16.0 Å². The number of anilines is 1. The molecule has 0 aromatic carbocycles. The maximum Gasteiger partial charge on any atom is 0.241 e. The molecule has 1 saturated heterocycles. The minimum atomic E-state index is -0.370. The first kappa shape index (κ1) is 16.8. The largest absolute Gasteiger partial charge is 0.352 e. The van der Waals surface area contributed by atoms with Crippen LogP contribution in [-0.2, 0) is 16.1 Å². The molecule has 2 aliphatic rings. The molecule has 1 unspecified atom stereocenters. The summed E-state index contributed by atoms with van der Waals surface area (Å²) in [6.07, 6.45) is 6.23. The van der Waals surface area contributed by atoms with Crippen molar-refractivity contribution in [1.29, 1.82) is 0 Å². The molecule has 0 spiro atoms. The van der Waals surface area contributed by atoms with Crippen LogP contribution in [0.1, 0.15) is 26.2 Å². The molecule has 1 aromatic heterocycles. The Morgan fingerprint density at radius 3 is 2.91 bits per heavy atom. The van der Waals surface area contributed by atoms with E-state index in [0.29, 0.717) is 18.3 Å². The third kappa shape index (κ3) is 3.98. The zero-order chi connectivity index (χ0) is 14.9. The van der Waals surface area contributed by atoms with Gasteiger partial charge in [0.15, 0.2) is 0 Å². The van der Waals surface area contributed by atoms with Gasteiger partial charge in [0.1, 0.15) is 6.54 Å². The Balaban J connectivity index is 0.00000176. The van der Waals surface area contributed by atoms with Crippen LogP contribution < -0.4 is 16.0 Å². The van der Waals surface area contributed by atoms with Crippen molar-refractivity contribution >= 4 is 29.9 Å². The van der Waals surface area contributed by atoms with E-state index in [4.69, 9.17) is 0 Å². The number of amides is 2. The molecule has 1 aliphatic carbocycles. The van der Waals surface area contributed by atoms with Crippen LogP contribution in [0, 0.1) is 5.41 Å². The predicted molar refractivity (Wildman–Crippen MR) is 84.9 cm³/mol. The lowest BCUT2D eigenvalue weighted by molar-refractivity contribution is -0.124. The van der Waals surface area contributed by atoms with Gasteiger partial charge in [-0.15, -0.1) is 12.4 Å². The summed E-state index contributed by atoms with van der Waals surface area (Å²) in [7, 11) is 0. The third-order valence-electron chi connectivity index (χ3n) is 4.06. The van der Waals surface area contributed by atoms with Gasteiger partial charge in [-0.05, 0) is 32.7 Å². The highest BCUT2D eigenvalue weighted by atomic mass is 35.5. The van der Waals surface area contributed by atoms with Crippen LogP contribution in [0.25, 0.3) is 0 Å². The first-order valence-corrected chi connectivity index (χ1v) is 7.39. The molecular formula is C14H22ClN5O2. The van der Waals surface area contributed by atoms with Crippen molar-refractivity contribution in [3.8, 4) is 0 Å². The zero-order valence-electron chi connectivity index (χ0n) is 12.6. The van der Waals surface area contributed by atoms with Crippen molar-refractivity contribution in [2.45, 2.75) is 38.8 Å². The van der Waals surface area contributed by atoms with E-state index in [1.54, 1.807) is 17.1 Å². The van der Waals surface area contributed by atoms with E-state index in [-0.39, 0.29) is 36.2 Å². The minimum Gasteiger partial charge on any atom is -0.352 e. The Morgan fingerprint density at radius 2 is 2.27 bits per heavy atom. The van der Waals surface area contributed by atoms with Crippen LogP contribution in [0.5, 0.6) is 0 Å². The number of rotatable bonds is 5. The predicted octanol–water partition coefficient (Wildman–Crippen LogP) is 0.522. The Labute approximate surface area is 135 Å². The molecule has 2 amide bonds. The van der Waals surface area contributed by atoms with Gasteiger partial charge in [-0.2, -0.15) is 5.10 Å². The Morgan fingerprint density at radius 1 is 1.50 bits per heavy atom. The quantitative estimate of drug-likeness (QED) is 0.736. The average Bonchev–Trinajstić information content (AvgIpc) is 2.94. The Kier molecular flexibility index (Phi) is 5.08. The fourth-order valence-corrected chi connectivity index (χ4v) is 2.46. The Bertz CT molecular complexity index is 549. The lowest BCUT2D eigenvalue weighted by Gasteiger charge is -2.20. The topological polar surface area (TPSA) is 88.0 Å². The van der Waals surface area contributed by atoms with Gasteiger partial charge >= 0.3 is 0 Å². The molecule has 0 radical (unpaired) electrons. The number of nitrogens with zero attached hydrogens (tertiary/aromatic N) is 2. The zero-order valence-corrected chi connectivity index (χ0v) is 13.4. The first-order chi connectivity index (χ1) is 10.0. The van der Waals surface area contributed by atoms with Crippen molar-refractivity contribution in [3.05, 3.63) is 12.4 Å². The van der Waals surface area contributed by atoms with Crippen LogP contribution in [0.2, 0.25) is 0 Å². The van der Waals surface area contributed by atoms with Crippen LogP contribution in [-0.4, -0.2) is 40.7 Å². The van der Waals surface area contributed by atoms with Crippen molar-refractivity contribution in [1.82, 2.24) is 20.4 Å². The molecule has 122 valence electrons. The lowest BCUT2D eigenvalue weighted by Crippen LogP contribution is -2.35. The number of hydrogen-bond donors (Lipinski definition) is 3. The van der Waals surface area contributed by atoms with Crippen molar-refractivity contribution in [3.63, 3.8) is 0 Å². The molecule has 2 fully saturated rings. The number of carbonyl (C=O) groups excluding carboxylic acids is 2. The second-order valence-corrected chi connectivity index (χ2v) is 6.21. The second kappa shape index (κ2) is 6.66. The maximum atomic E-state index is 12.3. The van der Waals surface area contributed by atoms with E-state index in [1.807, 2.05) is 6.92 Å². The summed E-state index contributed by atoms with van der Waals surface area (Å²) in [5, 5.41) is 13.1. The van der Waals surface area contributed by atoms with Gasteiger partial charge in [-0.25, -0.2) is 0 Å². The average molecular weight is 328 g/mol. The number of carbonyl (C=O) groups is 2. The van der Waals surface area contributed by atoms with Crippen LogP contribution in [0.15, 0.2) is 12.4 Å². The molecule has 1 aliphatic heterocycles. The molecule has 7 nitrogen and oxygen atoms in total. The first-order valence-electron chi connectivity index (χ1n) is 7.39. The smallest absolute Gasteiger partial charge is 0.241 e. The fraction of sp³-hybridized carbons (Fsp3) is 0.643. The number of hydrogen-bond acceptors (Lipinski definition) is 4. The summed E-state index contributed by atoms with van der Waals surface area (Å²) in [5.41, 5.74) is 0.262. The lowest BCUT2D eigenvalue weighted by atomic mass is 9.89. The summed E-state index contributed by atoms with van der Waals surface area (Å²) in [6.45, 7) is 3.70. The van der Waals surface area contributed by atoms with Crippen molar-refractivity contribution in [2.75, 3.05) is 18.4 Å². The molecule has 3 rings (SSSR count). The van der Waals surface area contributed by atoms with E-state index in [1.165, 1.54) is 0 Å². The van der Waals surface area contributed by atoms with E-state index < -0.39 is 0 Å². The van der Waals surface area contributed by atoms with E-state index in [0.717, 1.165) is 25.8 Å². The van der Waals surface area contributed by atoms with E-state index >= 15 is 0 Å². The highest BCUT2D eigenvalue weighted by Crippen LogP contribution is 2.26. The highest BCUT2D eigenvalue weighted by molar-refractivity contribution is 5.95. The fourth-order valence-electron chi connectivity index (χ4n) is 2.46. The summed E-state index contributed by atoms with van der Waals surface area (Å²) in [4.78, 5) is 23.9. The molecule has 1 aromatic rings. The SMILES string of the molecule is CC1(C(=O)Nc2cnn(CC(=O)NC3CC3)c2)CCNC1.Cl. The van der Waals surface area contributed by atoms with Gasteiger partial charge in [-0.3, -0.25) is 14.3 Å². The number of halogens is 1. The van der Waals surface area contributed by atoms with Crippen molar-refractivity contribution < 1.29 is 9.59 Å². The van der Waals surface area contributed by atoms with E-state index in [2.05, 4.69) is 21.0 Å². The number of nitrogens with one attached hydrogen (secondary N) is 3. The highest BCUT2D eigenvalue weighted by Gasteiger charge is 2.36. The minimum absolute atomic E-state index is 0. The third-order valence-corrected chi connectivity index (χ3v) is 4.06. The molecule has 8 heteroatoms. The Hall–Kier alpha value is -1.60. The second-order valence-electron chi connectivity index (χ2n) is 6.21. The molecule has 3 N–H and O–H groups in total. The normalized spacial score (nSPS) is 23.7. The monoisotopic (exact) mass is 327 g/mol. The van der Waals surface area contributed by atoms with Crippen LogP contribution in [0.3, 0.4) is 0 Å². The summed E-state index contributed by atoms with van der Waals surface area (Å²) in [6, 6.07) is 0.349. The van der Waals surface area contributed by atoms with E-state index in [9.17, 15) is 9.59 Å². The van der Waals surface area contributed by atoms with Gasteiger partial charge in [0.2, 0.25) is 11.8 Å². The molecule has 0 bridgehead atoms. The van der Waals surface area contributed by atoms with Crippen LogP contribution in [0.4, 0.5) is 5.69 Å².